The second kappa shape index (κ2) is 4.82. The molecule has 0 unspecified atom stereocenters. The van der Waals surface area contributed by atoms with Crippen LogP contribution in [-0.4, -0.2) is 18.7 Å². The number of thioether (sulfide) groups is 1. The lowest BCUT2D eigenvalue weighted by Gasteiger charge is -2.00. The second-order valence-electron chi connectivity index (χ2n) is 3.01. The molecule has 0 spiro atoms. The molecule has 1 saturated carbocycles. The maximum absolute atomic E-state index is 11.2. The Morgan fingerprint density at radius 2 is 2.36 bits per heavy atom. The van der Waals surface area contributed by atoms with Gasteiger partial charge in [-0.15, -0.1) is 0 Å². The van der Waals surface area contributed by atoms with Gasteiger partial charge >= 0.3 is 0 Å². The molecule has 1 fully saturated rings. The van der Waals surface area contributed by atoms with E-state index in [-0.39, 0.29) is 5.91 Å². The van der Waals surface area contributed by atoms with Crippen LogP contribution < -0.4 is 5.32 Å². The number of allylic oxidation sites excluding steroid dienone is 1. The fourth-order valence-corrected chi connectivity index (χ4v) is 1.45. The second-order valence-corrected chi connectivity index (χ2v) is 3.84. The minimum absolute atomic E-state index is 0.298. The van der Waals surface area contributed by atoms with Crippen molar-refractivity contribution in [1.82, 2.24) is 5.32 Å². The number of nitrogens with one attached hydrogen (secondary N) is 2. The van der Waals surface area contributed by atoms with E-state index in [0.717, 1.165) is 24.6 Å². The van der Waals surface area contributed by atoms with E-state index >= 15 is 0 Å². The summed E-state index contributed by atoms with van der Waals surface area (Å²) >= 11 is 0.796. The minimum atomic E-state index is -0.304. The Morgan fingerprint density at radius 1 is 1.71 bits per heavy atom. The van der Waals surface area contributed by atoms with E-state index in [1.165, 1.54) is 13.1 Å². The molecule has 2 N–H and O–H groups in total. The van der Waals surface area contributed by atoms with Gasteiger partial charge in [0.15, 0.2) is 0 Å². The van der Waals surface area contributed by atoms with Crippen LogP contribution in [-0.2, 0) is 4.79 Å². The molecule has 1 aliphatic carbocycles. The third kappa shape index (κ3) is 2.89. The molecular formula is C9H11N3OS. The van der Waals surface area contributed by atoms with Crippen LogP contribution in [0.4, 0.5) is 0 Å². The summed E-state index contributed by atoms with van der Waals surface area (Å²) in [7, 11) is 1.51. The van der Waals surface area contributed by atoms with Crippen molar-refractivity contribution >= 4 is 23.4 Å². The van der Waals surface area contributed by atoms with Crippen LogP contribution in [0.5, 0.6) is 0 Å². The monoisotopic (exact) mass is 209 g/mol. The van der Waals surface area contributed by atoms with Crippen molar-refractivity contribution in [3.63, 3.8) is 0 Å². The van der Waals surface area contributed by atoms with Crippen molar-refractivity contribution in [2.24, 2.45) is 5.92 Å². The molecule has 0 atom stereocenters. The molecule has 5 heteroatoms. The maximum Gasteiger partial charge on any atom is 0.258 e. The number of nitriles is 1. The summed E-state index contributed by atoms with van der Waals surface area (Å²) in [5.74, 6) is -0.00380. The van der Waals surface area contributed by atoms with Gasteiger partial charge in [-0.05, 0) is 30.7 Å². The predicted molar refractivity (Wildman–Crippen MR) is 55.8 cm³/mol. The molecule has 0 aromatic rings. The van der Waals surface area contributed by atoms with Gasteiger partial charge in [0, 0.05) is 18.7 Å². The van der Waals surface area contributed by atoms with E-state index in [9.17, 15) is 4.79 Å². The van der Waals surface area contributed by atoms with Crippen molar-refractivity contribution < 1.29 is 4.79 Å². The summed E-state index contributed by atoms with van der Waals surface area (Å²) < 4.78 is 0. The zero-order chi connectivity index (χ0) is 10.6. The first-order valence-corrected chi connectivity index (χ1v) is 5.08. The normalized spacial score (nSPS) is 15.9. The maximum atomic E-state index is 11.2. The molecule has 74 valence electrons. The Hall–Kier alpha value is -1.28. The van der Waals surface area contributed by atoms with Crippen LogP contribution >= 0.6 is 11.8 Å². The van der Waals surface area contributed by atoms with Crippen LogP contribution in [0.25, 0.3) is 0 Å². The summed E-state index contributed by atoms with van der Waals surface area (Å²) in [6, 6.07) is 0. The van der Waals surface area contributed by atoms with Gasteiger partial charge in [0.1, 0.15) is 5.40 Å². The number of nitrogens with zero attached hydrogens (tertiary/aromatic N) is 1. The fourth-order valence-electron chi connectivity index (χ4n) is 0.967. The first kappa shape index (κ1) is 10.8. The van der Waals surface area contributed by atoms with Crippen molar-refractivity contribution in [2.45, 2.75) is 12.8 Å². The summed E-state index contributed by atoms with van der Waals surface area (Å²) in [5, 5.41) is 20.4. The lowest BCUT2D eigenvalue weighted by molar-refractivity contribution is -0.116. The van der Waals surface area contributed by atoms with E-state index < -0.39 is 0 Å². The fraction of sp³-hybridized carbons (Fsp3) is 0.444. The van der Waals surface area contributed by atoms with Gasteiger partial charge in [0.2, 0.25) is 0 Å². The third-order valence-electron chi connectivity index (χ3n) is 1.91. The van der Waals surface area contributed by atoms with Gasteiger partial charge in [-0.2, -0.15) is 5.26 Å². The van der Waals surface area contributed by atoms with E-state index in [1.807, 2.05) is 5.40 Å². The third-order valence-corrected chi connectivity index (χ3v) is 2.52. The van der Waals surface area contributed by atoms with E-state index in [0.29, 0.717) is 16.5 Å². The molecule has 0 saturated heterocycles. The Labute approximate surface area is 86.9 Å². The molecule has 0 heterocycles. The summed E-state index contributed by atoms with van der Waals surface area (Å²) in [5.41, 5.74) is 0.450. The van der Waals surface area contributed by atoms with Crippen molar-refractivity contribution in [1.29, 1.82) is 10.7 Å². The highest BCUT2D eigenvalue weighted by atomic mass is 32.2. The number of rotatable bonds is 4. The first-order valence-electron chi connectivity index (χ1n) is 4.27. The molecule has 0 aromatic heterocycles. The van der Waals surface area contributed by atoms with E-state index in [1.54, 1.807) is 0 Å². The smallest absolute Gasteiger partial charge is 0.258 e. The molecule has 1 aliphatic rings. The lowest BCUT2D eigenvalue weighted by Crippen LogP contribution is -2.19. The molecule has 14 heavy (non-hydrogen) atoms. The molecule has 0 radical (unpaired) electrons. The highest BCUT2D eigenvalue weighted by Gasteiger charge is 2.25. The number of hydrogen-bond donors (Lipinski definition) is 2. The topological polar surface area (TPSA) is 76.7 Å². The molecule has 0 aliphatic heterocycles. The molecule has 4 nitrogen and oxygen atoms in total. The molecular weight excluding hydrogens is 198 g/mol. The molecule has 0 aromatic carbocycles. The van der Waals surface area contributed by atoms with Gasteiger partial charge in [-0.1, -0.05) is 0 Å². The molecule has 1 rings (SSSR count). The number of carbonyl (C=O) groups is 1. The number of carbonyl (C=O) groups excluding carboxylic acids is 1. The lowest BCUT2D eigenvalue weighted by atomic mass is 10.2. The summed E-state index contributed by atoms with van der Waals surface area (Å²) in [6.07, 6.45) is 3.53. The van der Waals surface area contributed by atoms with Crippen molar-refractivity contribution in [2.75, 3.05) is 7.05 Å². The van der Waals surface area contributed by atoms with Gasteiger partial charge in [0.25, 0.3) is 5.91 Å². The average Bonchev–Trinajstić information content (AvgIpc) is 2.99. The standard InChI is InChI=1S/C9H11N3OS/c1-12-9(13)8(14-5-10)4-7(11)6-2-3-6/h4,6,11H,2-3H2,1H3,(H,12,13)/b8-4+,11-7?. The highest BCUT2D eigenvalue weighted by molar-refractivity contribution is 8.08. The largest absolute Gasteiger partial charge is 0.355 e. The zero-order valence-electron chi connectivity index (χ0n) is 7.83. The Bertz CT molecular complexity index is 325. The number of thiocyanates is 1. The Balaban J connectivity index is 2.70. The molecule has 1 amide bonds. The van der Waals surface area contributed by atoms with Gasteiger partial charge in [-0.3, -0.25) is 4.79 Å². The SMILES string of the molecule is CNC(=O)/C(=C\C(=N)C1CC1)SC#N. The quantitative estimate of drug-likeness (QED) is 0.415. The first-order chi connectivity index (χ1) is 6.69. The van der Waals surface area contributed by atoms with Crippen molar-refractivity contribution in [3.05, 3.63) is 11.0 Å². The van der Waals surface area contributed by atoms with Crippen molar-refractivity contribution in [3.8, 4) is 5.40 Å². The van der Waals surface area contributed by atoms with Gasteiger partial charge in [0.05, 0.1) is 4.91 Å². The molecule has 0 bridgehead atoms. The van der Waals surface area contributed by atoms with Crippen LogP contribution in [0, 0.1) is 22.0 Å². The van der Waals surface area contributed by atoms with Crippen LogP contribution in [0.2, 0.25) is 0 Å². The highest BCUT2D eigenvalue weighted by Crippen LogP contribution is 2.31. The number of amides is 1. The Kier molecular flexibility index (Phi) is 3.72. The number of likely N-dealkylation sites (N-methyl/N-ethyl adjacent to an activating group) is 1. The Morgan fingerprint density at radius 3 is 2.79 bits per heavy atom. The number of hydrogen-bond acceptors (Lipinski definition) is 4. The zero-order valence-corrected chi connectivity index (χ0v) is 8.65. The predicted octanol–water partition coefficient (Wildman–Crippen LogP) is 1.26. The van der Waals surface area contributed by atoms with Crippen LogP contribution in [0.1, 0.15) is 12.8 Å². The van der Waals surface area contributed by atoms with Crippen LogP contribution in [0.15, 0.2) is 11.0 Å². The van der Waals surface area contributed by atoms with Gasteiger partial charge < -0.3 is 10.7 Å². The van der Waals surface area contributed by atoms with E-state index in [4.69, 9.17) is 10.7 Å². The van der Waals surface area contributed by atoms with Crippen LogP contribution in [0.3, 0.4) is 0 Å². The summed E-state index contributed by atoms with van der Waals surface area (Å²) in [6.45, 7) is 0. The summed E-state index contributed by atoms with van der Waals surface area (Å²) in [4.78, 5) is 11.5. The van der Waals surface area contributed by atoms with E-state index in [2.05, 4.69) is 5.32 Å². The van der Waals surface area contributed by atoms with Gasteiger partial charge in [-0.25, -0.2) is 0 Å². The minimum Gasteiger partial charge on any atom is -0.355 e. The average molecular weight is 209 g/mol.